The first-order valence-corrected chi connectivity index (χ1v) is 30.6. The summed E-state index contributed by atoms with van der Waals surface area (Å²) >= 11 is 0. The van der Waals surface area contributed by atoms with Gasteiger partial charge in [0, 0.05) is 12.8 Å². The first kappa shape index (κ1) is 66.3. The van der Waals surface area contributed by atoms with Crippen molar-refractivity contribution in [3.8, 4) is 0 Å². The number of nitrogens with one attached hydrogen (secondary N) is 1. The number of carbonyl (C=O) groups excluding carboxylic acids is 2. The summed E-state index contributed by atoms with van der Waals surface area (Å²) in [5.74, 6) is -0.103. The van der Waals surface area contributed by atoms with E-state index in [0.717, 1.165) is 77.0 Å². The Labute approximate surface area is 424 Å². The summed E-state index contributed by atoms with van der Waals surface area (Å²) < 4.78 is 5.46. The largest absolute Gasteiger partial charge is 0.466 e. The zero-order valence-electron chi connectivity index (χ0n) is 45.9. The molecule has 0 aromatic rings. The fraction of sp³-hybridized carbons (Fsp3) is 0.903. The van der Waals surface area contributed by atoms with Crippen molar-refractivity contribution in [1.82, 2.24) is 5.32 Å². The van der Waals surface area contributed by atoms with E-state index in [1.54, 1.807) is 0 Å². The van der Waals surface area contributed by atoms with Crippen LogP contribution in [0, 0.1) is 0 Å². The molecule has 68 heavy (non-hydrogen) atoms. The van der Waals surface area contributed by atoms with E-state index < -0.39 is 12.1 Å². The highest BCUT2D eigenvalue weighted by Crippen LogP contribution is 2.18. The van der Waals surface area contributed by atoms with Gasteiger partial charge in [0.05, 0.1) is 25.4 Å². The zero-order valence-corrected chi connectivity index (χ0v) is 45.9. The molecule has 402 valence electrons. The predicted molar refractivity (Wildman–Crippen MR) is 296 cm³/mol. The maximum atomic E-state index is 12.5. The molecular weight excluding hydrogens is 839 g/mol. The van der Waals surface area contributed by atoms with Crippen molar-refractivity contribution in [3.63, 3.8) is 0 Å². The van der Waals surface area contributed by atoms with Crippen LogP contribution in [-0.2, 0) is 14.3 Å². The molecular formula is C62H119NO5. The van der Waals surface area contributed by atoms with Crippen LogP contribution in [0.15, 0.2) is 24.3 Å². The molecule has 0 saturated heterocycles. The second-order valence-corrected chi connectivity index (χ2v) is 21.0. The average molecular weight is 959 g/mol. The number of aliphatic hydroxyl groups is 2. The van der Waals surface area contributed by atoms with Crippen molar-refractivity contribution in [2.24, 2.45) is 0 Å². The number of carbonyl (C=O) groups is 2. The Morgan fingerprint density at radius 3 is 1.04 bits per heavy atom. The average Bonchev–Trinajstić information content (AvgIpc) is 3.34. The van der Waals surface area contributed by atoms with Gasteiger partial charge in [0.15, 0.2) is 0 Å². The van der Waals surface area contributed by atoms with E-state index in [1.807, 2.05) is 0 Å². The molecule has 0 aliphatic rings. The lowest BCUT2D eigenvalue weighted by Gasteiger charge is -2.22. The molecule has 0 rings (SSSR count). The van der Waals surface area contributed by atoms with Gasteiger partial charge in [-0.15, -0.1) is 0 Å². The Bertz CT molecular complexity index is 1060. The SMILES string of the molecule is CCCCCCCC/C=C\CCCCCCCCCCCC(=O)OCCCC/C=C\CCCCCCC(=O)NC(CO)C(O)CCCCCCCCCCCCCCCCCCCCCCCC. The molecule has 0 aliphatic heterocycles. The highest BCUT2D eigenvalue weighted by molar-refractivity contribution is 5.76. The van der Waals surface area contributed by atoms with Crippen molar-refractivity contribution in [2.75, 3.05) is 13.2 Å². The normalized spacial score (nSPS) is 12.7. The molecule has 0 fully saturated rings. The summed E-state index contributed by atoms with van der Waals surface area (Å²) in [6, 6.07) is -0.568. The minimum absolute atomic E-state index is 0.0357. The molecule has 1 amide bonds. The molecule has 3 N–H and O–H groups in total. The van der Waals surface area contributed by atoms with Crippen LogP contribution in [0.3, 0.4) is 0 Å². The van der Waals surface area contributed by atoms with E-state index in [9.17, 15) is 19.8 Å². The molecule has 0 saturated carbocycles. The number of allylic oxidation sites excluding steroid dienone is 4. The summed E-state index contributed by atoms with van der Waals surface area (Å²) in [6.07, 6.45) is 70.4. The molecule has 0 aromatic heterocycles. The summed E-state index contributed by atoms with van der Waals surface area (Å²) in [5.41, 5.74) is 0. The highest BCUT2D eigenvalue weighted by atomic mass is 16.5. The molecule has 0 spiro atoms. The van der Waals surface area contributed by atoms with Gasteiger partial charge in [0.1, 0.15) is 0 Å². The zero-order chi connectivity index (χ0) is 49.3. The third-order valence-electron chi connectivity index (χ3n) is 14.2. The van der Waals surface area contributed by atoms with Crippen molar-refractivity contribution in [1.29, 1.82) is 0 Å². The van der Waals surface area contributed by atoms with E-state index in [0.29, 0.717) is 25.9 Å². The van der Waals surface area contributed by atoms with Crippen molar-refractivity contribution in [2.45, 2.75) is 347 Å². The van der Waals surface area contributed by atoms with Crippen LogP contribution in [0.2, 0.25) is 0 Å². The Hall–Kier alpha value is -1.66. The number of ether oxygens (including phenoxy) is 1. The second kappa shape index (κ2) is 57.9. The quantitative estimate of drug-likeness (QED) is 0.0321. The van der Waals surface area contributed by atoms with Crippen LogP contribution in [-0.4, -0.2) is 47.4 Å². The molecule has 0 heterocycles. The third-order valence-corrected chi connectivity index (χ3v) is 14.2. The lowest BCUT2D eigenvalue weighted by Crippen LogP contribution is -2.45. The van der Waals surface area contributed by atoms with Gasteiger partial charge >= 0.3 is 5.97 Å². The first-order chi connectivity index (χ1) is 33.5. The summed E-state index contributed by atoms with van der Waals surface area (Å²) in [5, 5.41) is 23.3. The van der Waals surface area contributed by atoms with Gasteiger partial charge in [0.25, 0.3) is 0 Å². The molecule has 0 aromatic carbocycles. The molecule has 2 atom stereocenters. The van der Waals surface area contributed by atoms with E-state index in [2.05, 4.69) is 43.5 Å². The first-order valence-electron chi connectivity index (χ1n) is 30.6. The Kier molecular flexibility index (Phi) is 56.5. The number of unbranched alkanes of at least 4 members (excludes halogenated alkanes) is 42. The van der Waals surface area contributed by atoms with Crippen LogP contribution in [0.25, 0.3) is 0 Å². The van der Waals surface area contributed by atoms with Gasteiger partial charge in [-0.05, 0) is 77.0 Å². The van der Waals surface area contributed by atoms with Gasteiger partial charge in [0.2, 0.25) is 5.91 Å². The molecule has 0 aliphatic carbocycles. The fourth-order valence-electron chi connectivity index (χ4n) is 9.51. The van der Waals surface area contributed by atoms with E-state index in [4.69, 9.17) is 4.74 Å². The molecule has 6 nitrogen and oxygen atoms in total. The third kappa shape index (κ3) is 53.7. The lowest BCUT2D eigenvalue weighted by molar-refractivity contribution is -0.143. The number of esters is 1. The van der Waals surface area contributed by atoms with Gasteiger partial charge < -0.3 is 20.3 Å². The van der Waals surface area contributed by atoms with Crippen LogP contribution in [0.5, 0.6) is 0 Å². The van der Waals surface area contributed by atoms with E-state index in [-0.39, 0.29) is 18.5 Å². The molecule has 0 bridgehead atoms. The Morgan fingerprint density at radius 1 is 0.397 bits per heavy atom. The second-order valence-electron chi connectivity index (χ2n) is 21.0. The molecule has 2 unspecified atom stereocenters. The maximum absolute atomic E-state index is 12.5. The topological polar surface area (TPSA) is 95.9 Å². The molecule has 6 heteroatoms. The van der Waals surface area contributed by atoms with E-state index >= 15 is 0 Å². The number of hydrogen-bond acceptors (Lipinski definition) is 5. The minimum Gasteiger partial charge on any atom is -0.466 e. The minimum atomic E-state index is -0.687. The Morgan fingerprint density at radius 2 is 0.691 bits per heavy atom. The van der Waals surface area contributed by atoms with Crippen LogP contribution < -0.4 is 5.32 Å². The van der Waals surface area contributed by atoms with Crippen LogP contribution >= 0.6 is 0 Å². The van der Waals surface area contributed by atoms with Crippen molar-refractivity contribution < 1.29 is 24.5 Å². The summed E-state index contributed by atoms with van der Waals surface area (Å²) in [6.45, 7) is 4.89. The summed E-state index contributed by atoms with van der Waals surface area (Å²) in [7, 11) is 0. The Balaban J connectivity index is 3.49. The lowest BCUT2D eigenvalue weighted by atomic mass is 10.0. The van der Waals surface area contributed by atoms with Crippen molar-refractivity contribution in [3.05, 3.63) is 24.3 Å². The number of aliphatic hydroxyl groups excluding tert-OH is 2. The van der Waals surface area contributed by atoms with Crippen LogP contribution in [0.4, 0.5) is 0 Å². The fourth-order valence-corrected chi connectivity index (χ4v) is 9.51. The number of amides is 1. The monoisotopic (exact) mass is 958 g/mol. The smallest absolute Gasteiger partial charge is 0.305 e. The summed E-state index contributed by atoms with van der Waals surface area (Å²) in [4.78, 5) is 24.6. The van der Waals surface area contributed by atoms with Gasteiger partial charge in [-0.1, -0.05) is 269 Å². The van der Waals surface area contributed by atoms with Gasteiger partial charge in [-0.3, -0.25) is 9.59 Å². The van der Waals surface area contributed by atoms with Gasteiger partial charge in [-0.25, -0.2) is 0 Å². The van der Waals surface area contributed by atoms with Crippen LogP contribution in [0.1, 0.15) is 335 Å². The number of rotatable bonds is 57. The van der Waals surface area contributed by atoms with Gasteiger partial charge in [-0.2, -0.15) is 0 Å². The maximum Gasteiger partial charge on any atom is 0.305 e. The predicted octanol–water partition coefficient (Wildman–Crippen LogP) is 19.0. The molecule has 0 radical (unpaired) electrons. The van der Waals surface area contributed by atoms with Crippen molar-refractivity contribution >= 4 is 11.9 Å². The number of hydrogen-bond donors (Lipinski definition) is 3. The standard InChI is InChI=1S/C62H119NO5/c1-3-5-7-9-11-13-15-17-19-21-23-24-25-27-28-30-32-34-38-42-46-50-54-60(65)59(58-64)63-61(66)55-51-47-43-39-36-37-41-45-49-53-57-68-62(67)56-52-48-44-40-35-33-31-29-26-22-20-18-16-14-12-10-8-6-4-2/h18,20,37,41,59-60,64-65H,3-17,19,21-36,38-40,42-58H2,1-2H3,(H,63,66)/b20-18-,41-37-. The van der Waals surface area contributed by atoms with E-state index in [1.165, 1.54) is 225 Å². The highest BCUT2D eigenvalue weighted by Gasteiger charge is 2.20.